The fraction of sp³-hybridized carbons (Fsp3) is 0.406. The number of para-hydroxylation sites is 2. The van der Waals surface area contributed by atoms with Crippen molar-refractivity contribution < 1.29 is 19.5 Å². The standard InChI is InChI=1S/C32H36ClN3O4S/c1-4-18-34(22-12-8-7-9-13-22)29(38)26-25-16-17-32(41-25)27(26)30(39)36(21(6-3)20-37)28(32)31(40)35(19-5-2)24-15-11-10-14-23(24)33/h4-5,7-15,21,25-28,37H,1-2,6,16-20H2,3H3/t21-,25+,26-,27-,28?,32?/m0/s1. The van der Waals surface area contributed by atoms with Crippen molar-refractivity contribution >= 4 is 52.5 Å². The number of carbonyl (C=O) groups is 3. The number of aliphatic hydroxyl groups is 1. The molecule has 3 aliphatic heterocycles. The molecule has 9 heteroatoms. The second-order valence-electron chi connectivity index (χ2n) is 10.8. The number of nitrogens with zero attached hydrogens (tertiary/aromatic N) is 3. The number of carbonyl (C=O) groups excluding carboxylic acids is 3. The lowest BCUT2D eigenvalue weighted by molar-refractivity contribution is -0.141. The molecule has 2 aromatic carbocycles. The van der Waals surface area contributed by atoms with Gasteiger partial charge >= 0.3 is 0 Å². The molecule has 6 atom stereocenters. The first kappa shape index (κ1) is 29.4. The molecule has 41 heavy (non-hydrogen) atoms. The predicted octanol–water partition coefficient (Wildman–Crippen LogP) is 4.94. The number of fused-ring (bicyclic) bond motifs is 1. The van der Waals surface area contributed by atoms with Gasteiger partial charge in [-0.1, -0.05) is 61.0 Å². The summed E-state index contributed by atoms with van der Waals surface area (Å²) in [5, 5.41) is 10.7. The largest absolute Gasteiger partial charge is 0.394 e. The van der Waals surface area contributed by atoms with Gasteiger partial charge in [-0.05, 0) is 43.5 Å². The van der Waals surface area contributed by atoms with Crippen LogP contribution in [0.1, 0.15) is 26.2 Å². The van der Waals surface area contributed by atoms with Gasteiger partial charge in [0.15, 0.2) is 0 Å². The molecule has 3 aliphatic rings. The quantitative estimate of drug-likeness (QED) is 0.373. The van der Waals surface area contributed by atoms with Crippen LogP contribution in [0.15, 0.2) is 79.9 Å². The molecule has 5 rings (SSSR count). The minimum Gasteiger partial charge on any atom is -0.394 e. The monoisotopic (exact) mass is 593 g/mol. The summed E-state index contributed by atoms with van der Waals surface area (Å²) in [5.41, 5.74) is 1.28. The van der Waals surface area contributed by atoms with Crippen LogP contribution >= 0.6 is 23.4 Å². The zero-order valence-corrected chi connectivity index (χ0v) is 24.8. The third-order valence-corrected chi connectivity index (χ3v) is 11.0. The lowest BCUT2D eigenvalue weighted by atomic mass is 9.70. The molecular weight excluding hydrogens is 558 g/mol. The highest BCUT2D eigenvalue weighted by atomic mass is 35.5. The highest BCUT2D eigenvalue weighted by molar-refractivity contribution is 8.02. The smallest absolute Gasteiger partial charge is 0.251 e. The second kappa shape index (κ2) is 12.0. The number of likely N-dealkylation sites (tertiary alicyclic amines) is 1. The van der Waals surface area contributed by atoms with E-state index in [2.05, 4.69) is 13.2 Å². The second-order valence-corrected chi connectivity index (χ2v) is 12.8. The van der Waals surface area contributed by atoms with Crippen LogP contribution in [-0.4, -0.2) is 69.5 Å². The van der Waals surface area contributed by atoms with E-state index in [0.717, 1.165) is 12.1 Å². The number of hydrogen-bond acceptors (Lipinski definition) is 5. The van der Waals surface area contributed by atoms with Gasteiger partial charge in [-0.3, -0.25) is 14.4 Å². The lowest BCUT2D eigenvalue weighted by Crippen LogP contribution is -2.57. The maximum Gasteiger partial charge on any atom is 0.251 e. The first-order valence-electron chi connectivity index (χ1n) is 14.1. The summed E-state index contributed by atoms with van der Waals surface area (Å²) < 4.78 is -0.793. The highest BCUT2D eigenvalue weighted by Gasteiger charge is 2.74. The molecule has 3 heterocycles. The van der Waals surface area contributed by atoms with E-state index in [-0.39, 0.29) is 36.1 Å². The van der Waals surface area contributed by atoms with E-state index < -0.39 is 28.7 Å². The summed E-state index contributed by atoms with van der Waals surface area (Å²) in [4.78, 5) is 48.3. The van der Waals surface area contributed by atoms with Gasteiger partial charge in [-0.25, -0.2) is 0 Å². The Morgan fingerprint density at radius 3 is 2.39 bits per heavy atom. The number of benzene rings is 2. The van der Waals surface area contributed by atoms with Crippen LogP contribution in [0.5, 0.6) is 0 Å². The van der Waals surface area contributed by atoms with Gasteiger partial charge in [0, 0.05) is 24.0 Å². The average Bonchev–Trinajstić information content (AvgIpc) is 3.63. The fourth-order valence-electron chi connectivity index (χ4n) is 6.95. The number of aliphatic hydroxyl groups excluding tert-OH is 1. The fourth-order valence-corrected chi connectivity index (χ4v) is 9.38. The maximum absolute atomic E-state index is 14.7. The van der Waals surface area contributed by atoms with Crippen LogP contribution in [0, 0.1) is 11.8 Å². The van der Waals surface area contributed by atoms with E-state index >= 15 is 0 Å². The highest BCUT2D eigenvalue weighted by Crippen LogP contribution is 2.67. The Hall–Kier alpha value is -3.07. The SMILES string of the molecule is C=CCN(C(=O)[C@@H]1[C@H]2C(=O)N([C@@H](CC)CO)C(C(=O)N(CC=C)c3ccccc3Cl)C23CC[C@H]1S3)c1ccccc1. The molecule has 2 unspecified atom stereocenters. The number of thioether (sulfide) groups is 1. The summed E-state index contributed by atoms with van der Waals surface area (Å²) in [6.07, 6.45) is 5.16. The van der Waals surface area contributed by atoms with Crippen molar-refractivity contribution in [1.82, 2.24) is 4.90 Å². The Kier molecular flexibility index (Phi) is 8.64. The molecule has 0 aromatic heterocycles. The van der Waals surface area contributed by atoms with E-state index in [1.807, 2.05) is 43.3 Å². The van der Waals surface area contributed by atoms with Crippen molar-refractivity contribution in [3.63, 3.8) is 0 Å². The van der Waals surface area contributed by atoms with Gasteiger partial charge in [-0.2, -0.15) is 0 Å². The first-order chi connectivity index (χ1) is 19.8. The normalized spacial score (nSPS) is 26.9. The molecule has 2 aromatic rings. The Labute approximate surface area is 250 Å². The van der Waals surface area contributed by atoms with Crippen molar-refractivity contribution in [2.75, 3.05) is 29.5 Å². The van der Waals surface area contributed by atoms with Crippen molar-refractivity contribution in [3.05, 3.63) is 84.9 Å². The Morgan fingerprint density at radius 2 is 1.76 bits per heavy atom. The molecule has 3 saturated heterocycles. The van der Waals surface area contributed by atoms with Crippen molar-refractivity contribution in [3.8, 4) is 0 Å². The summed E-state index contributed by atoms with van der Waals surface area (Å²) in [6.45, 7) is 9.85. The van der Waals surface area contributed by atoms with Gasteiger partial charge in [0.05, 0.1) is 39.9 Å². The van der Waals surface area contributed by atoms with Gasteiger partial charge < -0.3 is 19.8 Å². The molecule has 0 radical (unpaired) electrons. The minimum atomic E-state index is -0.856. The molecule has 1 N–H and O–H groups in total. The third kappa shape index (κ3) is 4.80. The molecule has 1 spiro atoms. The van der Waals surface area contributed by atoms with Gasteiger partial charge in [-0.15, -0.1) is 24.9 Å². The minimum absolute atomic E-state index is 0.0905. The molecule has 216 valence electrons. The van der Waals surface area contributed by atoms with Crippen molar-refractivity contribution in [2.45, 2.75) is 48.3 Å². The molecule has 3 fully saturated rings. The molecule has 7 nitrogen and oxygen atoms in total. The molecular formula is C32H36ClN3O4S. The van der Waals surface area contributed by atoms with E-state index in [0.29, 0.717) is 30.1 Å². The lowest BCUT2D eigenvalue weighted by Gasteiger charge is -2.39. The van der Waals surface area contributed by atoms with Gasteiger partial charge in [0.2, 0.25) is 11.8 Å². The van der Waals surface area contributed by atoms with Crippen molar-refractivity contribution in [1.29, 1.82) is 0 Å². The third-order valence-electron chi connectivity index (χ3n) is 8.70. The summed E-state index contributed by atoms with van der Waals surface area (Å²) in [5.74, 6) is -1.91. The number of rotatable bonds is 11. The Morgan fingerprint density at radius 1 is 1.10 bits per heavy atom. The van der Waals surface area contributed by atoms with Gasteiger partial charge in [0.25, 0.3) is 5.91 Å². The molecule has 0 saturated carbocycles. The summed E-state index contributed by atoms with van der Waals surface area (Å²) in [6, 6.07) is 15.1. The first-order valence-corrected chi connectivity index (χ1v) is 15.3. The Bertz CT molecular complexity index is 1340. The summed E-state index contributed by atoms with van der Waals surface area (Å²) >= 11 is 8.16. The molecule has 0 aliphatic carbocycles. The van der Waals surface area contributed by atoms with E-state index in [1.54, 1.807) is 56.8 Å². The number of anilines is 2. The zero-order valence-electron chi connectivity index (χ0n) is 23.2. The number of amides is 3. The predicted molar refractivity (Wildman–Crippen MR) is 165 cm³/mol. The van der Waals surface area contributed by atoms with E-state index in [1.165, 1.54) is 0 Å². The average molecular weight is 594 g/mol. The topological polar surface area (TPSA) is 81.2 Å². The van der Waals surface area contributed by atoms with Crippen LogP contribution in [0.4, 0.5) is 11.4 Å². The van der Waals surface area contributed by atoms with Crippen molar-refractivity contribution in [2.24, 2.45) is 11.8 Å². The number of halogens is 1. The summed E-state index contributed by atoms with van der Waals surface area (Å²) in [7, 11) is 0. The van der Waals surface area contributed by atoms with E-state index in [9.17, 15) is 19.5 Å². The van der Waals surface area contributed by atoms with Crippen LogP contribution in [0.2, 0.25) is 5.02 Å². The van der Waals surface area contributed by atoms with Gasteiger partial charge in [0.1, 0.15) is 6.04 Å². The molecule has 3 amide bonds. The zero-order chi connectivity index (χ0) is 29.3. The molecule has 2 bridgehead atoms. The number of hydrogen-bond donors (Lipinski definition) is 1. The van der Waals surface area contributed by atoms with Crippen LogP contribution < -0.4 is 9.80 Å². The van der Waals surface area contributed by atoms with Crippen LogP contribution in [0.3, 0.4) is 0 Å². The maximum atomic E-state index is 14.7. The van der Waals surface area contributed by atoms with E-state index in [4.69, 9.17) is 11.6 Å². The van der Waals surface area contributed by atoms with Crippen LogP contribution in [-0.2, 0) is 14.4 Å². The Balaban J connectivity index is 1.60. The van der Waals surface area contributed by atoms with Crippen LogP contribution in [0.25, 0.3) is 0 Å².